The van der Waals surface area contributed by atoms with E-state index in [1.807, 2.05) is 16.7 Å². The van der Waals surface area contributed by atoms with E-state index < -0.39 is 0 Å². The number of hydrogen-bond acceptors (Lipinski definition) is 3. The molecule has 1 atom stereocenters. The molecule has 0 radical (unpaired) electrons. The molecule has 0 spiro atoms. The monoisotopic (exact) mass is 333 g/mol. The molecule has 0 aliphatic carbocycles. The first-order valence-corrected chi connectivity index (χ1v) is 9.83. The van der Waals surface area contributed by atoms with Gasteiger partial charge in [0.25, 0.3) is 0 Å². The number of rotatable bonds is 3. The Morgan fingerprint density at radius 3 is 2.83 bits per heavy atom. The predicted molar refractivity (Wildman–Crippen MR) is 95.9 cm³/mol. The molecule has 0 bridgehead atoms. The topological polar surface area (TPSA) is 29.5 Å². The summed E-state index contributed by atoms with van der Waals surface area (Å²) in [6.07, 6.45) is 3.14. The molecular weight excluding hydrogens is 306 g/mol. The van der Waals surface area contributed by atoms with E-state index in [0.29, 0.717) is 25.0 Å². The molecule has 2 aliphatic rings. The zero-order chi connectivity index (χ0) is 16.2. The fourth-order valence-electron chi connectivity index (χ4n) is 3.58. The number of carbonyl (C=O) groups excluding carboxylic acids is 1. The van der Waals surface area contributed by atoms with Gasteiger partial charge in [-0.15, -0.1) is 0 Å². The van der Waals surface area contributed by atoms with Gasteiger partial charge in [0.15, 0.2) is 0 Å². The summed E-state index contributed by atoms with van der Waals surface area (Å²) >= 11 is 2.02. The summed E-state index contributed by atoms with van der Waals surface area (Å²) in [4.78, 5) is 14.7. The van der Waals surface area contributed by atoms with Crippen molar-refractivity contribution in [3.63, 3.8) is 0 Å². The maximum absolute atomic E-state index is 12.6. The SMILES string of the molecule is Cc1ccc([C@@H]2CN(C(=O)CC3CCSCC3)CCO2)c(C)c1. The van der Waals surface area contributed by atoms with Crippen LogP contribution in [0.1, 0.15) is 42.1 Å². The summed E-state index contributed by atoms with van der Waals surface area (Å²) < 4.78 is 5.96. The molecule has 0 unspecified atom stereocenters. The number of aryl methyl sites for hydroxylation is 2. The number of hydrogen-bond donors (Lipinski definition) is 0. The minimum absolute atomic E-state index is 0.0233. The lowest BCUT2D eigenvalue weighted by Gasteiger charge is -2.35. The van der Waals surface area contributed by atoms with Gasteiger partial charge in [0, 0.05) is 13.0 Å². The van der Waals surface area contributed by atoms with Crippen molar-refractivity contribution in [2.75, 3.05) is 31.2 Å². The number of ether oxygens (including phenoxy) is 1. The highest BCUT2D eigenvalue weighted by atomic mass is 32.2. The molecular formula is C19H27NO2S. The Hall–Kier alpha value is -1.00. The van der Waals surface area contributed by atoms with E-state index in [1.54, 1.807) is 0 Å². The third-order valence-electron chi connectivity index (χ3n) is 5.00. The Morgan fingerprint density at radius 2 is 2.09 bits per heavy atom. The van der Waals surface area contributed by atoms with E-state index in [4.69, 9.17) is 4.74 Å². The van der Waals surface area contributed by atoms with Crippen molar-refractivity contribution >= 4 is 17.7 Å². The maximum Gasteiger partial charge on any atom is 0.223 e. The summed E-state index contributed by atoms with van der Waals surface area (Å²) in [6.45, 7) is 6.32. The van der Waals surface area contributed by atoms with Gasteiger partial charge in [0.1, 0.15) is 6.10 Å². The van der Waals surface area contributed by atoms with Crippen molar-refractivity contribution in [3.05, 3.63) is 34.9 Å². The van der Waals surface area contributed by atoms with Gasteiger partial charge in [-0.25, -0.2) is 0 Å². The first-order valence-electron chi connectivity index (χ1n) is 8.68. The molecule has 2 fully saturated rings. The van der Waals surface area contributed by atoms with Gasteiger partial charge in [-0.2, -0.15) is 11.8 Å². The quantitative estimate of drug-likeness (QED) is 0.844. The van der Waals surface area contributed by atoms with Gasteiger partial charge in [-0.3, -0.25) is 4.79 Å². The molecule has 0 saturated carbocycles. The summed E-state index contributed by atoms with van der Waals surface area (Å²) in [7, 11) is 0. The fraction of sp³-hybridized carbons (Fsp3) is 0.632. The molecule has 0 aromatic heterocycles. The van der Waals surface area contributed by atoms with Crippen LogP contribution < -0.4 is 0 Å². The van der Waals surface area contributed by atoms with E-state index in [-0.39, 0.29) is 6.10 Å². The van der Waals surface area contributed by atoms with Crippen LogP contribution in [0.3, 0.4) is 0 Å². The summed E-state index contributed by atoms with van der Waals surface area (Å²) in [6, 6.07) is 6.48. The molecule has 0 N–H and O–H groups in total. The number of benzene rings is 1. The van der Waals surface area contributed by atoms with E-state index >= 15 is 0 Å². The lowest BCUT2D eigenvalue weighted by molar-refractivity contribution is -0.140. The van der Waals surface area contributed by atoms with Crippen molar-refractivity contribution in [3.8, 4) is 0 Å². The van der Waals surface area contributed by atoms with Crippen LogP contribution in [-0.4, -0.2) is 42.0 Å². The molecule has 4 heteroatoms. The molecule has 1 amide bonds. The van der Waals surface area contributed by atoms with Crippen LogP contribution in [0.2, 0.25) is 0 Å². The number of morpholine rings is 1. The smallest absolute Gasteiger partial charge is 0.223 e. The van der Waals surface area contributed by atoms with Gasteiger partial charge in [-0.1, -0.05) is 23.8 Å². The predicted octanol–water partition coefficient (Wildman–Crippen LogP) is 3.74. The van der Waals surface area contributed by atoms with Crippen molar-refractivity contribution in [1.82, 2.24) is 4.90 Å². The van der Waals surface area contributed by atoms with Crippen LogP contribution in [0.15, 0.2) is 18.2 Å². The second kappa shape index (κ2) is 7.71. The Morgan fingerprint density at radius 1 is 1.30 bits per heavy atom. The van der Waals surface area contributed by atoms with Crippen molar-refractivity contribution in [1.29, 1.82) is 0 Å². The molecule has 3 nitrogen and oxygen atoms in total. The van der Waals surface area contributed by atoms with Crippen molar-refractivity contribution in [2.45, 2.75) is 39.2 Å². The Kier molecular flexibility index (Phi) is 5.65. The highest BCUT2D eigenvalue weighted by Gasteiger charge is 2.28. The van der Waals surface area contributed by atoms with E-state index in [2.05, 4.69) is 32.0 Å². The maximum atomic E-state index is 12.6. The first-order chi connectivity index (χ1) is 11.1. The molecule has 126 valence electrons. The molecule has 2 heterocycles. The minimum atomic E-state index is 0.0233. The third kappa shape index (κ3) is 4.30. The van der Waals surface area contributed by atoms with Gasteiger partial charge in [-0.05, 0) is 55.2 Å². The Bertz CT molecular complexity index is 554. The van der Waals surface area contributed by atoms with Crippen LogP contribution in [0.5, 0.6) is 0 Å². The average Bonchev–Trinajstić information content (AvgIpc) is 2.56. The average molecular weight is 333 g/mol. The Balaban J connectivity index is 1.62. The van der Waals surface area contributed by atoms with Gasteiger partial charge in [0.2, 0.25) is 5.91 Å². The van der Waals surface area contributed by atoms with E-state index in [1.165, 1.54) is 41.0 Å². The number of amides is 1. The standard InChI is InChI=1S/C19H27NO2S/c1-14-3-4-17(15(2)11-14)18-13-20(7-8-22-18)19(21)12-16-5-9-23-10-6-16/h3-4,11,16,18H,5-10,12-13H2,1-2H3/t18-/m0/s1. The Labute approximate surface area is 143 Å². The van der Waals surface area contributed by atoms with Gasteiger partial charge in [0.05, 0.1) is 13.2 Å². The second-order valence-electron chi connectivity index (χ2n) is 6.82. The van der Waals surface area contributed by atoms with Crippen LogP contribution in [0, 0.1) is 19.8 Å². The van der Waals surface area contributed by atoms with Gasteiger partial charge >= 0.3 is 0 Å². The van der Waals surface area contributed by atoms with Crippen LogP contribution in [0.4, 0.5) is 0 Å². The van der Waals surface area contributed by atoms with E-state index in [0.717, 1.165) is 13.0 Å². The van der Waals surface area contributed by atoms with Crippen molar-refractivity contribution < 1.29 is 9.53 Å². The van der Waals surface area contributed by atoms with E-state index in [9.17, 15) is 4.79 Å². The molecule has 2 aliphatic heterocycles. The highest BCUT2D eigenvalue weighted by molar-refractivity contribution is 7.99. The van der Waals surface area contributed by atoms with Crippen LogP contribution in [0.25, 0.3) is 0 Å². The molecule has 23 heavy (non-hydrogen) atoms. The fourth-order valence-corrected chi connectivity index (χ4v) is 4.78. The first kappa shape index (κ1) is 16.8. The highest BCUT2D eigenvalue weighted by Crippen LogP contribution is 2.29. The largest absolute Gasteiger partial charge is 0.370 e. The molecule has 1 aromatic carbocycles. The lowest BCUT2D eigenvalue weighted by Crippen LogP contribution is -2.43. The third-order valence-corrected chi connectivity index (χ3v) is 6.04. The number of nitrogens with zero attached hydrogens (tertiary/aromatic N) is 1. The summed E-state index contributed by atoms with van der Waals surface area (Å²) in [5.41, 5.74) is 3.75. The molecule has 2 saturated heterocycles. The number of thioether (sulfide) groups is 1. The summed E-state index contributed by atoms with van der Waals surface area (Å²) in [5, 5.41) is 0. The van der Waals surface area contributed by atoms with Crippen molar-refractivity contribution in [2.24, 2.45) is 5.92 Å². The zero-order valence-corrected chi connectivity index (χ0v) is 15.0. The normalized spacial score (nSPS) is 23.0. The van der Waals surface area contributed by atoms with Crippen LogP contribution >= 0.6 is 11.8 Å². The second-order valence-corrected chi connectivity index (χ2v) is 8.04. The molecule has 1 aromatic rings. The lowest BCUT2D eigenvalue weighted by atomic mass is 9.97. The minimum Gasteiger partial charge on any atom is -0.370 e. The zero-order valence-electron chi connectivity index (χ0n) is 14.2. The summed E-state index contributed by atoms with van der Waals surface area (Å²) in [5.74, 6) is 3.34. The van der Waals surface area contributed by atoms with Crippen LogP contribution in [-0.2, 0) is 9.53 Å². The van der Waals surface area contributed by atoms with Gasteiger partial charge < -0.3 is 9.64 Å². The number of carbonyl (C=O) groups is 1. The molecule has 3 rings (SSSR count).